The van der Waals surface area contributed by atoms with Crippen LogP contribution in [0.1, 0.15) is 6.42 Å². The van der Waals surface area contributed by atoms with E-state index in [0.29, 0.717) is 10.6 Å². The Hall–Kier alpha value is -2.09. The number of carboxylic acid groups (broad SMARTS) is 1. The lowest BCUT2D eigenvalue weighted by molar-refractivity contribution is -0.137. The first-order valence-electron chi connectivity index (χ1n) is 6.11. The molecule has 0 saturated heterocycles. The molecule has 114 valence electrons. The highest BCUT2D eigenvalue weighted by atomic mass is 32.2. The van der Waals surface area contributed by atoms with Gasteiger partial charge in [0.15, 0.2) is 0 Å². The standard InChI is InChI=1S/C13H15FN2O4S/c14-9-3-1-2-4-10(9)21-6-5-11(17)15-7-12(18)16-8-13(19)20/h1-4H,5-8H2,(H,15,17)(H,16,18)(H,19,20). The van der Waals surface area contributed by atoms with Gasteiger partial charge in [-0.05, 0) is 12.1 Å². The molecule has 0 fully saturated rings. The predicted molar refractivity (Wildman–Crippen MR) is 75.4 cm³/mol. The minimum Gasteiger partial charge on any atom is -0.480 e. The molecule has 0 aromatic heterocycles. The van der Waals surface area contributed by atoms with Gasteiger partial charge in [0, 0.05) is 17.1 Å². The number of rotatable bonds is 8. The van der Waals surface area contributed by atoms with Gasteiger partial charge in [-0.2, -0.15) is 0 Å². The fourth-order valence-corrected chi connectivity index (χ4v) is 2.21. The maximum Gasteiger partial charge on any atom is 0.322 e. The minimum atomic E-state index is -1.16. The van der Waals surface area contributed by atoms with Crippen LogP contribution in [0, 0.1) is 5.82 Å². The predicted octanol–water partition coefficient (Wildman–Crippen LogP) is 0.625. The first kappa shape index (κ1) is 17.0. The summed E-state index contributed by atoms with van der Waals surface area (Å²) >= 11 is 1.21. The molecule has 1 aromatic rings. The number of hydrogen-bond donors (Lipinski definition) is 3. The molecule has 0 heterocycles. The zero-order valence-electron chi connectivity index (χ0n) is 11.1. The van der Waals surface area contributed by atoms with Gasteiger partial charge in [0.1, 0.15) is 12.4 Å². The number of nitrogens with one attached hydrogen (secondary N) is 2. The number of carbonyl (C=O) groups excluding carboxylic acids is 2. The van der Waals surface area contributed by atoms with Gasteiger partial charge in [-0.25, -0.2) is 4.39 Å². The largest absolute Gasteiger partial charge is 0.480 e. The van der Waals surface area contributed by atoms with E-state index in [1.54, 1.807) is 18.2 Å². The second-order valence-corrected chi connectivity index (χ2v) is 5.11. The Kier molecular flexibility index (Phi) is 7.24. The van der Waals surface area contributed by atoms with E-state index in [9.17, 15) is 18.8 Å². The van der Waals surface area contributed by atoms with Crippen LogP contribution in [0.2, 0.25) is 0 Å². The first-order chi connectivity index (χ1) is 9.99. The second-order valence-electron chi connectivity index (χ2n) is 3.98. The van der Waals surface area contributed by atoms with Crippen LogP contribution in [-0.4, -0.2) is 41.7 Å². The Morgan fingerprint density at radius 3 is 2.43 bits per heavy atom. The lowest BCUT2D eigenvalue weighted by atomic mass is 10.3. The third-order valence-corrected chi connectivity index (χ3v) is 3.36. The van der Waals surface area contributed by atoms with Gasteiger partial charge in [0.05, 0.1) is 6.54 Å². The Bertz CT molecular complexity index is 525. The van der Waals surface area contributed by atoms with Gasteiger partial charge < -0.3 is 15.7 Å². The maximum atomic E-state index is 13.3. The highest BCUT2D eigenvalue weighted by molar-refractivity contribution is 7.99. The lowest BCUT2D eigenvalue weighted by Crippen LogP contribution is -2.39. The van der Waals surface area contributed by atoms with E-state index < -0.39 is 18.4 Å². The molecular formula is C13H15FN2O4S. The fraction of sp³-hybridized carbons (Fsp3) is 0.308. The van der Waals surface area contributed by atoms with Crippen LogP contribution < -0.4 is 10.6 Å². The van der Waals surface area contributed by atoms with Crippen LogP contribution in [0.15, 0.2) is 29.2 Å². The summed E-state index contributed by atoms with van der Waals surface area (Å²) in [7, 11) is 0. The minimum absolute atomic E-state index is 0.130. The molecule has 0 aliphatic rings. The summed E-state index contributed by atoms with van der Waals surface area (Å²) in [6.07, 6.45) is 0.130. The molecule has 0 bridgehead atoms. The SMILES string of the molecule is O=C(O)CNC(=O)CNC(=O)CCSc1ccccc1F. The second kappa shape index (κ2) is 8.96. The summed E-state index contributed by atoms with van der Waals surface area (Å²) in [6.45, 7) is -0.770. The van der Waals surface area contributed by atoms with Crippen LogP contribution in [-0.2, 0) is 14.4 Å². The number of benzene rings is 1. The molecule has 0 spiro atoms. The van der Waals surface area contributed by atoms with Crippen LogP contribution in [0.25, 0.3) is 0 Å². The summed E-state index contributed by atoms with van der Waals surface area (Å²) < 4.78 is 13.3. The van der Waals surface area contributed by atoms with Crippen molar-refractivity contribution in [3.8, 4) is 0 Å². The van der Waals surface area contributed by atoms with E-state index in [1.165, 1.54) is 17.8 Å². The number of amides is 2. The molecule has 0 atom stereocenters. The van der Waals surface area contributed by atoms with Crippen molar-refractivity contribution in [2.45, 2.75) is 11.3 Å². The van der Waals surface area contributed by atoms with Gasteiger partial charge in [-0.3, -0.25) is 14.4 Å². The van der Waals surface area contributed by atoms with E-state index in [4.69, 9.17) is 5.11 Å². The number of thioether (sulfide) groups is 1. The summed E-state index contributed by atoms with van der Waals surface area (Å²) in [5.41, 5.74) is 0. The average Bonchev–Trinajstić information content (AvgIpc) is 2.45. The number of carbonyl (C=O) groups is 3. The van der Waals surface area contributed by atoms with Gasteiger partial charge >= 0.3 is 5.97 Å². The molecule has 0 saturated carbocycles. The average molecular weight is 314 g/mol. The molecule has 2 amide bonds. The quantitative estimate of drug-likeness (QED) is 0.612. The molecule has 3 N–H and O–H groups in total. The zero-order chi connectivity index (χ0) is 15.7. The molecule has 8 heteroatoms. The number of halogens is 1. The van der Waals surface area contributed by atoms with E-state index >= 15 is 0 Å². The lowest BCUT2D eigenvalue weighted by Gasteiger charge is -2.06. The van der Waals surface area contributed by atoms with Crippen LogP contribution in [0.5, 0.6) is 0 Å². The van der Waals surface area contributed by atoms with Crippen LogP contribution in [0.4, 0.5) is 4.39 Å². The highest BCUT2D eigenvalue weighted by Gasteiger charge is 2.08. The molecule has 0 radical (unpaired) electrons. The van der Waals surface area contributed by atoms with Gasteiger partial charge in [-0.15, -0.1) is 11.8 Å². The van der Waals surface area contributed by atoms with Crippen molar-refractivity contribution in [2.24, 2.45) is 0 Å². The van der Waals surface area contributed by atoms with Crippen LogP contribution >= 0.6 is 11.8 Å². The van der Waals surface area contributed by atoms with Gasteiger partial charge in [-0.1, -0.05) is 12.1 Å². The number of hydrogen-bond acceptors (Lipinski definition) is 4. The molecule has 0 aliphatic heterocycles. The summed E-state index contributed by atoms with van der Waals surface area (Å²) in [5.74, 6) is -2.05. The van der Waals surface area contributed by atoms with Crippen molar-refractivity contribution in [3.63, 3.8) is 0 Å². The van der Waals surface area contributed by atoms with Crippen molar-refractivity contribution in [1.82, 2.24) is 10.6 Å². The Morgan fingerprint density at radius 1 is 1.10 bits per heavy atom. The summed E-state index contributed by atoms with van der Waals surface area (Å²) in [5, 5.41) is 12.8. The highest BCUT2D eigenvalue weighted by Crippen LogP contribution is 2.21. The molecule has 1 rings (SSSR count). The summed E-state index contributed by atoms with van der Waals surface area (Å²) in [6, 6.07) is 6.26. The number of aliphatic carboxylic acids is 1. The zero-order valence-corrected chi connectivity index (χ0v) is 11.9. The van der Waals surface area contributed by atoms with Gasteiger partial charge in [0.25, 0.3) is 0 Å². The van der Waals surface area contributed by atoms with E-state index in [1.807, 2.05) is 0 Å². The third kappa shape index (κ3) is 7.31. The Morgan fingerprint density at radius 2 is 1.76 bits per heavy atom. The van der Waals surface area contributed by atoms with Crippen molar-refractivity contribution in [3.05, 3.63) is 30.1 Å². The van der Waals surface area contributed by atoms with E-state index in [-0.39, 0.29) is 24.7 Å². The first-order valence-corrected chi connectivity index (χ1v) is 7.10. The smallest absolute Gasteiger partial charge is 0.322 e. The Labute approximate surface area is 125 Å². The normalized spacial score (nSPS) is 9.95. The molecule has 21 heavy (non-hydrogen) atoms. The molecular weight excluding hydrogens is 299 g/mol. The molecule has 0 unspecified atom stereocenters. The molecule has 6 nitrogen and oxygen atoms in total. The molecule has 0 aliphatic carbocycles. The van der Waals surface area contributed by atoms with E-state index in [0.717, 1.165) is 0 Å². The Balaban J connectivity index is 2.18. The van der Waals surface area contributed by atoms with Crippen molar-refractivity contribution in [2.75, 3.05) is 18.8 Å². The third-order valence-electron chi connectivity index (χ3n) is 2.31. The van der Waals surface area contributed by atoms with Crippen molar-refractivity contribution < 1.29 is 23.9 Å². The molecule has 1 aromatic carbocycles. The number of carboxylic acids is 1. The van der Waals surface area contributed by atoms with Crippen molar-refractivity contribution in [1.29, 1.82) is 0 Å². The fourth-order valence-electron chi connectivity index (χ4n) is 1.32. The van der Waals surface area contributed by atoms with Crippen LogP contribution in [0.3, 0.4) is 0 Å². The van der Waals surface area contributed by atoms with Crippen molar-refractivity contribution >= 4 is 29.5 Å². The monoisotopic (exact) mass is 314 g/mol. The maximum absolute atomic E-state index is 13.3. The van der Waals surface area contributed by atoms with Gasteiger partial charge in [0.2, 0.25) is 11.8 Å². The van der Waals surface area contributed by atoms with E-state index in [2.05, 4.69) is 10.6 Å². The summed E-state index contributed by atoms with van der Waals surface area (Å²) in [4.78, 5) is 33.3. The topological polar surface area (TPSA) is 95.5 Å².